The number of hydrogen-bond acceptors (Lipinski definition) is 4. The van der Waals surface area contributed by atoms with Crippen molar-refractivity contribution in [2.24, 2.45) is 0 Å². The number of hydrogen-bond donors (Lipinski definition) is 1. The molecule has 0 bridgehead atoms. The molecule has 1 aliphatic heterocycles. The second-order valence-corrected chi connectivity index (χ2v) is 5.28. The Labute approximate surface area is 116 Å². The number of aromatic nitrogens is 1. The lowest BCUT2D eigenvalue weighted by molar-refractivity contribution is 0.0295. The maximum Gasteiger partial charge on any atom is 0.133 e. The molecule has 2 heterocycles. The molecule has 0 aromatic carbocycles. The van der Waals surface area contributed by atoms with Crippen molar-refractivity contribution in [3.8, 4) is 0 Å². The van der Waals surface area contributed by atoms with Gasteiger partial charge in [-0.15, -0.1) is 0 Å². The molecule has 4 nitrogen and oxygen atoms in total. The fourth-order valence-electron chi connectivity index (χ4n) is 2.58. The quantitative estimate of drug-likeness (QED) is 0.905. The van der Waals surface area contributed by atoms with Gasteiger partial charge in [0, 0.05) is 24.3 Å². The van der Waals surface area contributed by atoms with E-state index in [9.17, 15) is 0 Å². The molecule has 1 aliphatic rings. The van der Waals surface area contributed by atoms with Crippen molar-refractivity contribution in [1.82, 2.24) is 10.3 Å². The van der Waals surface area contributed by atoms with E-state index >= 15 is 0 Å². The molecule has 3 unspecified atom stereocenters. The Bertz CT molecular complexity index is 410. The van der Waals surface area contributed by atoms with Gasteiger partial charge in [-0.25, -0.2) is 4.98 Å². The third-order valence-corrected chi connectivity index (χ3v) is 3.93. The second kappa shape index (κ2) is 6.35. The number of nitrogens with zero attached hydrogens (tertiary/aromatic N) is 2. The summed E-state index contributed by atoms with van der Waals surface area (Å²) >= 11 is 0. The van der Waals surface area contributed by atoms with E-state index in [0.29, 0.717) is 12.1 Å². The number of nitrogens with one attached hydrogen (secondary N) is 1. The van der Waals surface area contributed by atoms with Gasteiger partial charge in [0.05, 0.1) is 18.8 Å². The van der Waals surface area contributed by atoms with Crippen molar-refractivity contribution in [2.75, 3.05) is 25.1 Å². The lowest BCUT2D eigenvalue weighted by atomic mass is 10.1. The predicted octanol–water partition coefficient (Wildman–Crippen LogP) is 2.37. The van der Waals surface area contributed by atoms with Crippen molar-refractivity contribution in [1.29, 1.82) is 0 Å². The fourth-order valence-corrected chi connectivity index (χ4v) is 2.58. The summed E-state index contributed by atoms with van der Waals surface area (Å²) in [5.74, 6) is 1.10. The van der Waals surface area contributed by atoms with Crippen LogP contribution in [0.15, 0.2) is 18.3 Å². The summed E-state index contributed by atoms with van der Waals surface area (Å²) in [4.78, 5) is 7.05. The van der Waals surface area contributed by atoms with E-state index < -0.39 is 0 Å². The monoisotopic (exact) mass is 263 g/mol. The van der Waals surface area contributed by atoms with Gasteiger partial charge in [0.15, 0.2) is 0 Å². The van der Waals surface area contributed by atoms with E-state index in [-0.39, 0.29) is 6.10 Å². The van der Waals surface area contributed by atoms with Crippen LogP contribution in [0.25, 0.3) is 0 Å². The van der Waals surface area contributed by atoms with Crippen molar-refractivity contribution in [3.63, 3.8) is 0 Å². The summed E-state index contributed by atoms with van der Waals surface area (Å²) in [6.07, 6.45) is 3.23. The predicted molar refractivity (Wildman–Crippen MR) is 78.6 cm³/mol. The molecule has 1 saturated heterocycles. The molecule has 0 radical (unpaired) electrons. The first kappa shape index (κ1) is 14.3. The number of anilines is 1. The van der Waals surface area contributed by atoms with E-state index in [1.807, 2.05) is 19.3 Å². The van der Waals surface area contributed by atoms with Gasteiger partial charge in [-0.05, 0) is 33.4 Å². The van der Waals surface area contributed by atoms with Crippen molar-refractivity contribution < 1.29 is 4.74 Å². The average Bonchev–Trinajstić information content (AvgIpc) is 2.46. The van der Waals surface area contributed by atoms with Gasteiger partial charge < -0.3 is 15.0 Å². The lowest BCUT2D eigenvalue weighted by Gasteiger charge is -2.40. The molecule has 0 saturated carbocycles. The van der Waals surface area contributed by atoms with Crippen LogP contribution in [0.2, 0.25) is 0 Å². The molecule has 0 amide bonds. The lowest BCUT2D eigenvalue weighted by Crippen LogP contribution is -2.49. The highest BCUT2D eigenvalue weighted by molar-refractivity contribution is 5.49. The van der Waals surface area contributed by atoms with Gasteiger partial charge in [0.1, 0.15) is 5.82 Å². The van der Waals surface area contributed by atoms with E-state index in [1.54, 1.807) is 0 Å². The summed E-state index contributed by atoms with van der Waals surface area (Å²) in [6.45, 7) is 8.22. The molecule has 19 heavy (non-hydrogen) atoms. The Morgan fingerprint density at radius 1 is 1.58 bits per heavy atom. The fraction of sp³-hybridized carbons (Fsp3) is 0.667. The molecule has 106 valence electrons. The molecule has 0 aliphatic carbocycles. The zero-order chi connectivity index (χ0) is 13.8. The van der Waals surface area contributed by atoms with E-state index in [1.165, 1.54) is 5.56 Å². The van der Waals surface area contributed by atoms with Crippen molar-refractivity contribution >= 4 is 5.82 Å². The first-order chi connectivity index (χ1) is 9.17. The number of morpholine rings is 1. The highest BCUT2D eigenvalue weighted by Gasteiger charge is 2.28. The Morgan fingerprint density at radius 2 is 2.37 bits per heavy atom. The third-order valence-electron chi connectivity index (χ3n) is 3.93. The molecule has 1 aromatic heterocycles. The summed E-state index contributed by atoms with van der Waals surface area (Å²) in [5.41, 5.74) is 1.26. The minimum Gasteiger partial charge on any atom is -0.375 e. The number of pyridine rings is 1. The maximum absolute atomic E-state index is 5.77. The van der Waals surface area contributed by atoms with Crippen LogP contribution in [-0.2, 0) is 4.74 Å². The normalized spacial score (nSPS) is 25.4. The van der Waals surface area contributed by atoms with Crippen LogP contribution in [0, 0.1) is 0 Å². The van der Waals surface area contributed by atoms with Gasteiger partial charge in [0.25, 0.3) is 0 Å². The largest absolute Gasteiger partial charge is 0.375 e. The maximum atomic E-state index is 5.77. The Kier molecular flexibility index (Phi) is 4.77. The average molecular weight is 263 g/mol. The van der Waals surface area contributed by atoms with Crippen LogP contribution in [0.3, 0.4) is 0 Å². The molecule has 1 aromatic rings. The van der Waals surface area contributed by atoms with E-state index in [4.69, 9.17) is 4.74 Å². The topological polar surface area (TPSA) is 37.4 Å². The number of ether oxygens (including phenoxy) is 1. The van der Waals surface area contributed by atoms with Gasteiger partial charge in [0.2, 0.25) is 0 Å². The SMILES string of the molecule is CCC1COC(C)CN1c1ncccc1C(C)NC. The molecular formula is C15H25N3O. The van der Waals surface area contributed by atoms with Crippen LogP contribution in [0.5, 0.6) is 0 Å². The van der Waals surface area contributed by atoms with Gasteiger partial charge in [-0.2, -0.15) is 0 Å². The van der Waals surface area contributed by atoms with Crippen LogP contribution in [0.4, 0.5) is 5.82 Å². The van der Waals surface area contributed by atoms with Gasteiger partial charge in [-0.3, -0.25) is 0 Å². The highest BCUT2D eigenvalue weighted by atomic mass is 16.5. The Morgan fingerprint density at radius 3 is 3.05 bits per heavy atom. The van der Waals surface area contributed by atoms with E-state index in [2.05, 4.69) is 42.0 Å². The highest BCUT2D eigenvalue weighted by Crippen LogP contribution is 2.28. The summed E-state index contributed by atoms with van der Waals surface area (Å²) in [5, 5.41) is 3.31. The standard InChI is InChI=1S/C15H25N3O/c1-5-13-10-19-11(2)9-18(13)15-14(12(3)16-4)7-6-8-17-15/h6-8,11-13,16H,5,9-10H2,1-4H3. The van der Waals surface area contributed by atoms with Crippen LogP contribution >= 0.6 is 0 Å². The van der Waals surface area contributed by atoms with Gasteiger partial charge in [-0.1, -0.05) is 13.0 Å². The Balaban J connectivity index is 2.33. The molecule has 1 fully saturated rings. The number of rotatable bonds is 4. The zero-order valence-corrected chi connectivity index (χ0v) is 12.4. The summed E-state index contributed by atoms with van der Waals surface area (Å²) < 4.78 is 5.77. The van der Waals surface area contributed by atoms with Crippen LogP contribution < -0.4 is 10.2 Å². The van der Waals surface area contributed by atoms with E-state index in [0.717, 1.165) is 25.4 Å². The van der Waals surface area contributed by atoms with Gasteiger partial charge >= 0.3 is 0 Å². The third kappa shape index (κ3) is 3.07. The Hall–Kier alpha value is -1.13. The summed E-state index contributed by atoms with van der Waals surface area (Å²) in [6, 6.07) is 4.90. The van der Waals surface area contributed by atoms with Crippen molar-refractivity contribution in [3.05, 3.63) is 23.9 Å². The summed E-state index contributed by atoms with van der Waals surface area (Å²) in [7, 11) is 1.99. The smallest absolute Gasteiger partial charge is 0.133 e. The first-order valence-electron chi connectivity index (χ1n) is 7.17. The first-order valence-corrected chi connectivity index (χ1v) is 7.17. The second-order valence-electron chi connectivity index (χ2n) is 5.28. The minimum absolute atomic E-state index is 0.266. The molecule has 3 atom stereocenters. The van der Waals surface area contributed by atoms with Crippen molar-refractivity contribution in [2.45, 2.75) is 45.4 Å². The van der Waals surface area contributed by atoms with Crippen LogP contribution in [-0.4, -0.2) is 37.3 Å². The molecule has 0 spiro atoms. The molecule has 1 N–H and O–H groups in total. The zero-order valence-electron chi connectivity index (χ0n) is 12.4. The minimum atomic E-state index is 0.266. The molecule has 4 heteroatoms. The molecule has 2 rings (SSSR count). The molecular weight excluding hydrogens is 238 g/mol. The van der Waals surface area contributed by atoms with Crippen LogP contribution in [0.1, 0.15) is 38.8 Å².